The number of methoxy groups -OCH3 is 1. The monoisotopic (exact) mass is 441 g/mol. The van der Waals surface area contributed by atoms with Gasteiger partial charge in [-0.15, -0.1) is 0 Å². The van der Waals surface area contributed by atoms with E-state index in [0.29, 0.717) is 16.6 Å². The Bertz CT molecular complexity index is 1000. The van der Waals surface area contributed by atoms with Gasteiger partial charge in [-0.25, -0.2) is 0 Å². The van der Waals surface area contributed by atoms with Crippen molar-refractivity contribution in [3.05, 3.63) is 99.5 Å². The van der Waals surface area contributed by atoms with E-state index in [1.807, 2.05) is 77.7 Å². The number of ether oxygens (including phenoxy) is 2. The Hall–Kier alpha value is -2.53. The summed E-state index contributed by atoms with van der Waals surface area (Å²) in [6, 6.07) is 22.5. The normalized spacial score (nSPS) is 19.0. The summed E-state index contributed by atoms with van der Waals surface area (Å²) in [6.45, 7) is 0.483. The van der Waals surface area contributed by atoms with Gasteiger partial charge in [0.25, 0.3) is 0 Å². The zero-order chi connectivity index (χ0) is 21.1. The van der Waals surface area contributed by atoms with Crippen LogP contribution in [-0.4, -0.2) is 24.5 Å². The predicted molar refractivity (Wildman–Crippen MR) is 118 cm³/mol. The van der Waals surface area contributed by atoms with Gasteiger partial charge in [0.2, 0.25) is 5.91 Å². The molecular formula is C24H21Cl2NO3. The van der Waals surface area contributed by atoms with Gasteiger partial charge in [0.1, 0.15) is 18.5 Å². The number of rotatable bonds is 5. The van der Waals surface area contributed by atoms with Crippen LogP contribution in [0.5, 0.6) is 5.75 Å². The van der Waals surface area contributed by atoms with E-state index in [9.17, 15) is 4.79 Å². The maximum absolute atomic E-state index is 12.9. The van der Waals surface area contributed by atoms with E-state index >= 15 is 0 Å². The van der Waals surface area contributed by atoms with Gasteiger partial charge in [-0.3, -0.25) is 4.79 Å². The maximum Gasteiger partial charge on any atom is 0.249 e. The van der Waals surface area contributed by atoms with E-state index in [1.165, 1.54) is 0 Å². The fourth-order valence-corrected chi connectivity index (χ4v) is 3.97. The highest BCUT2D eigenvalue weighted by molar-refractivity contribution is 6.30. The lowest BCUT2D eigenvalue weighted by molar-refractivity contribution is -0.159. The highest BCUT2D eigenvalue weighted by Gasteiger charge is 2.38. The molecular weight excluding hydrogens is 421 g/mol. The zero-order valence-electron chi connectivity index (χ0n) is 16.4. The lowest BCUT2D eigenvalue weighted by atomic mass is 9.92. The van der Waals surface area contributed by atoms with Crippen molar-refractivity contribution in [2.45, 2.75) is 18.7 Å². The molecule has 1 saturated heterocycles. The first-order valence-corrected chi connectivity index (χ1v) is 10.4. The number of carbonyl (C=O) groups excluding carboxylic acids is 1. The Kier molecular flexibility index (Phi) is 6.28. The van der Waals surface area contributed by atoms with E-state index in [1.54, 1.807) is 7.11 Å². The molecule has 1 fully saturated rings. The molecule has 0 radical (unpaired) electrons. The van der Waals surface area contributed by atoms with Crippen LogP contribution in [0.1, 0.15) is 28.8 Å². The van der Waals surface area contributed by atoms with Crippen LogP contribution in [0.4, 0.5) is 0 Å². The first-order chi connectivity index (χ1) is 14.5. The van der Waals surface area contributed by atoms with Crippen molar-refractivity contribution in [3.8, 4) is 5.75 Å². The molecule has 0 bridgehead atoms. The number of hydrogen-bond acceptors (Lipinski definition) is 3. The van der Waals surface area contributed by atoms with Crippen molar-refractivity contribution in [1.29, 1.82) is 0 Å². The molecule has 1 aliphatic heterocycles. The summed E-state index contributed by atoms with van der Waals surface area (Å²) in [5.74, 6) is 0.719. The summed E-state index contributed by atoms with van der Waals surface area (Å²) in [6.07, 6.45) is -0.320. The van der Waals surface area contributed by atoms with Gasteiger partial charge < -0.3 is 14.4 Å². The molecule has 4 nitrogen and oxygen atoms in total. The first kappa shape index (κ1) is 20.7. The third-order valence-corrected chi connectivity index (χ3v) is 5.76. The summed E-state index contributed by atoms with van der Waals surface area (Å²) in [5.41, 5.74) is 2.94. The average molecular weight is 442 g/mol. The number of carbonyl (C=O) groups is 1. The fourth-order valence-electron chi connectivity index (χ4n) is 3.71. The van der Waals surface area contributed by atoms with Gasteiger partial charge in [0.05, 0.1) is 13.2 Å². The van der Waals surface area contributed by atoms with Crippen LogP contribution in [0.15, 0.2) is 72.8 Å². The number of hydrogen-bond donors (Lipinski definition) is 0. The number of nitrogens with zero attached hydrogens (tertiary/aromatic N) is 1. The highest BCUT2D eigenvalue weighted by atomic mass is 35.5. The molecule has 1 amide bonds. The van der Waals surface area contributed by atoms with Crippen LogP contribution >= 0.6 is 23.2 Å². The van der Waals surface area contributed by atoms with E-state index < -0.39 is 0 Å². The largest absolute Gasteiger partial charge is 0.497 e. The Morgan fingerprint density at radius 1 is 0.900 bits per heavy atom. The smallest absolute Gasteiger partial charge is 0.249 e. The topological polar surface area (TPSA) is 38.8 Å². The molecule has 3 aromatic rings. The molecule has 0 saturated carbocycles. The molecule has 30 heavy (non-hydrogen) atoms. The Labute approximate surface area is 185 Å². The third kappa shape index (κ3) is 4.46. The van der Waals surface area contributed by atoms with E-state index in [0.717, 1.165) is 22.4 Å². The van der Waals surface area contributed by atoms with Crippen LogP contribution in [-0.2, 0) is 16.1 Å². The maximum atomic E-state index is 12.9. The van der Waals surface area contributed by atoms with Gasteiger partial charge in [0, 0.05) is 16.6 Å². The van der Waals surface area contributed by atoms with Crippen molar-refractivity contribution >= 4 is 29.1 Å². The summed E-state index contributed by atoms with van der Waals surface area (Å²) in [4.78, 5) is 14.8. The van der Waals surface area contributed by atoms with Gasteiger partial charge in [-0.1, -0.05) is 59.6 Å². The molecule has 4 rings (SSSR count). The second-order valence-corrected chi connectivity index (χ2v) is 8.02. The van der Waals surface area contributed by atoms with Gasteiger partial charge in [0.15, 0.2) is 0 Å². The molecule has 1 heterocycles. The molecule has 0 aromatic heterocycles. The molecule has 2 unspecified atom stereocenters. The Morgan fingerprint density at radius 3 is 2.03 bits per heavy atom. The van der Waals surface area contributed by atoms with Crippen molar-refractivity contribution < 1.29 is 14.3 Å². The quantitative estimate of drug-likeness (QED) is 0.498. The zero-order valence-corrected chi connectivity index (χ0v) is 17.9. The molecule has 3 aromatic carbocycles. The van der Waals surface area contributed by atoms with Crippen LogP contribution in [0.3, 0.4) is 0 Å². The third-order valence-electron chi connectivity index (χ3n) is 5.25. The van der Waals surface area contributed by atoms with Crippen LogP contribution in [0.2, 0.25) is 10.0 Å². The van der Waals surface area contributed by atoms with Crippen LogP contribution < -0.4 is 4.74 Å². The van der Waals surface area contributed by atoms with Gasteiger partial charge >= 0.3 is 0 Å². The molecule has 6 heteroatoms. The molecule has 0 spiro atoms. The summed E-state index contributed by atoms with van der Waals surface area (Å²) < 4.78 is 11.3. The lowest BCUT2D eigenvalue weighted by Gasteiger charge is -2.41. The van der Waals surface area contributed by atoms with Crippen LogP contribution in [0.25, 0.3) is 0 Å². The van der Waals surface area contributed by atoms with E-state index in [-0.39, 0.29) is 24.7 Å². The number of benzene rings is 3. The second kappa shape index (κ2) is 9.09. The first-order valence-electron chi connectivity index (χ1n) is 9.60. The highest BCUT2D eigenvalue weighted by Crippen LogP contribution is 2.41. The number of amides is 1. The van der Waals surface area contributed by atoms with Crippen molar-refractivity contribution in [3.63, 3.8) is 0 Å². The molecule has 2 atom stereocenters. The summed E-state index contributed by atoms with van der Waals surface area (Å²) in [7, 11) is 1.63. The lowest BCUT2D eigenvalue weighted by Crippen LogP contribution is -2.45. The Balaban J connectivity index is 1.72. The second-order valence-electron chi connectivity index (χ2n) is 7.15. The minimum Gasteiger partial charge on any atom is -0.497 e. The van der Waals surface area contributed by atoms with Gasteiger partial charge in [-0.2, -0.15) is 0 Å². The SMILES string of the molecule is COc1ccc(CN2C(=O)COC(c3ccc(Cl)cc3)C2c2ccc(Cl)cc2)cc1. The van der Waals surface area contributed by atoms with Crippen molar-refractivity contribution in [1.82, 2.24) is 4.90 Å². The van der Waals surface area contributed by atoms with Crippen molar-refractivity contribution in [2.24, 2.45) is 0 Å². The minimum atomic E-state index is -0.320. The summed E-state index contributed by atoms with van der Waals surface area (Å²) in [5, 5.41) is 1.30. The predicted octanol–water partition coefficient (Wildman–Crippen LogP) is 5.84. The number of halogens is 2. The summed E-state index contributed by atoms with van der Waals surface area (Å²) >= 11 is 12.2. The minimum absolute atomic E-state index is 0.0214. The van der Waals surface area contributed by atoms with E-state index in [2.05, 4.69) is 0 Å². The molecule has 154 valence electrons. The molecule has 0 N–H and O–H groups in total. The molecule has 1 aliphatic rings. The Morgan fingerprint density at radius 2 is 1.47 bits per heavy atom. The fraction of sp³-hybridized carbons (Fsp3) is 0.208. The number of morpholine rings is 1. The standard InChI is InChI=1S/C24H21Cl2NO3/c1-29-21-12-2-16(3-13-21)14-27-22(28)15-30-24(18-6-10-20(26)11-7-18)23(27)17-4-8-19(25)9-5-17/h2-13,23-24H,14-15H2,1H3. The molecule has 0 aliphatic carbocycles. The average Bonchev–Trinajstić information content (AvgIpc) is 2.77. The van der Waals surface area contributed by atoms with Gasteiger partial charge in [-0.05, 0) is 53.1 Å². The van der Waals surface area contributed by atoms with E-state index in [4.69, 9.17) is 32.7 Å². The van der Waals surface area contributed by atoms with Crippen molar-refractivity contribution in [2.75, 3.05) is 13.7 Å². The van der Waals surface area contributed by atoms with Crippen LogP contribution in [0, 0.1) is 0 Å².